The molecule has 1 aromatic rings. The fourth-order valence-corrected chi connectivity index (χ4v) is 4.34. The molecule has 6 heteroatoms. The van der Waals surface area contributed by atoms with Gasteiger partial charge in [-0.15, -0.1) is 0 Å². The van der Waals surface area contributed by atoms with Crippen molar-refractivity contribution in [2.24, 2.45) is 5.92 Å². The first-order valence-corrected chi connectivity index (χ1v) is 8.50. The molecule has 0 saturated carbocycles. The van der Waals surface area contributed by atoms with Gasteiger partial charge >= 0.3 is 0 Å². The zero-order valence-corrected chi connectivity index (χ0v) is 12.9. The molecule has 4 nitrogen and oxygen atoms in total. The highest BCUT2D eigenvalue weighted by Crippen LogP contribution is 2.27. The molecular weight excluding hydrogens is 296 g/mol. The van der Waals surface area contributed by atoms with Crippen molar-refractivity contribution in [2.75, 3.05) is 13.1 Å². The first-order valence-electron chi connectivity index (χ1n) is 6.68. The fraction of sp³-hybridized carbons (Fsp3) is 0.500. The van der Waals surface area contributed by atoms with E-state index in [9.17, 15) is 8.42 Å². The van der Waals surface area contributed by atoms with Gasteiger partial charge in [0, 0.05) is 13.1 Å². The van der Waals surface area contributed by atoms with Crippen LogP contribution in [0.2, 0.25) is 5.02 Å². The van der Waals surface area contributed by atoms with Crippen LogP contribution in [0.5, 0.6) is 0 Å². The lowest BCUT2D eigenvalue weighted by molar-refractivity contribution is 0.261. The van der Waals surface area contributed by atoms with Gasteiger partial charge in [-0.2, -0.15) is 9.57 Å². The Bertz CT molecular complexity index is 637. The number of rotatable bonds is 3. The second-order valence-electron chi connectivity index (χ2n) is 5.03. The maximum absolute atomic E-state index is 12.6. The van der Waals surface area contributed by atoms with Crippen LogP contribution in [-0.2, 0) is 10.0 Å². The van der Waals surface area contributed by atoms with Crippen molar-refractivity contribution in [1.82, 2.24) is 4.31 Å². The molecule has 1 aromatic carbocycles. The summed E-state index contributed by atoms with van der Waals surface area (Å²) in [7, 11) is -3.51. The summed E-state index contributed by atoms with van der Waals surface area (Å²) in [6.07, 6.45) is 2.96. The van der Waals surface area contributed by atoms with Crippen LogP contribution < -0.4 is 0 Å². The molecule has 0 aromatic heterocycles. The van der Waals surface area contributed by atoms with E-state index in [0.29, 0.717) is 19.0 Å². The molecule has 20 heavy (non-hydrogen) atoms. The molecule has 1 saturated heterocycles. The van der Waals surface area contributed by atoms with Crippen LogP contribution in [0.25, 0.3) is 0 Å². The number of halogens is 1. The first-order chi connectivity index (χ1) is 9.48. The summed E-state index contributed by atoms with van der Waals surface area (Å²) < 4.78 is 26.7. The summed E-state index contributed by atoms with van der Waals surface area (Å²) in [5.74, 6) is 0.423. The SMILES string of the molecule is CCC1CCCN(S(=O)(=O)c2ccc(C#N)c(Cl)c2)C1. The van der Waals surface area contributed by atoms with E-state index in [2.05, 4.69) is 6.92 Å². The molecule has 0 amide bonds. The van der Waals surface area contributed by atoms with Gasteiger partial charge in [-0.1, -0.05) is 24.9 Å². The largest absolute Gasteiger partial charge is 0.243 e. The Morgan fingerprint density at radius 1 is 1.50 bits per heavy atom. The third-order valence-corrected chi connectivity index (χ3v) is 5.93. The average Bonchev–Trinajstić information content (AvgIpc) is 2.47. The second-order valence-corrected chi connectivity index (χ2v) is 7.38. The van der Waals surface area contributed by atoms with Gasteiger partial charge in [0.1, 0.15) is 6.07 Å². The Morgan fingerprint density at radius 3 is 2.85 bits per heavy atom. The molecule has 1 atom stereocenters. The number of nitriles is 1. The molecule has 0 aliphatic carbocycles. The Labute approximate surface area is 125 Å². The third kappa shape index (κ3) is 2.98. The minimum atomic E-state index is -3.51. The highest BCUT2D eigenvalue weighted by atomic mass is 35.5. The summed E-state index contributed by atoms with van der Waals surface area (Å²) in [6, 6.07) is 6.20. The minimum absolute atomic E-state index is 0.165. The van der Waals surface area contributed by atoms with E-state index in [1.807, 2.05) is 6.07 Å². The van der Waals surface area contributed by atoms with Gasteiger partial charge in [-0.3, -0.25) is 0 Å². The molecule has 0 N–H and O–H groups in total. The quantitative estimate of drug-likeness (QED) is 0.862. The van der Waals surface area contributed by atoms with Crippen molar-refractivity contribution in [3.05, 3.63) is 28.8 Å². The minimum Gasteiger partial charge on any atom is -0.207 e. The predicted octanol–water partition coefficient (Wildman–Crippen LogP) is 3.02. The average molecular weight is 313 g/mol. The van der Waals surface area contributed by atoms with Crippen LogP contribution >= 0.6 is 11.6 Å². The van der Waals surface area contributed by atoms with Crippen molar-refractivity contribution >= 4 is 21.6 Å². The van der Waals surface area contributed by atoms with Crippen molar-refractivity contribution < 1.29 is 8.42 Å². The number of nitrogens with zero attached hydrogens (tertiary/aromatic N) is 2. The number of hydrogen-bond acceptors (Lipinski definition) is 3. The van der Waals surface area contributed by atoms with E-state index in [0.717, 1.165) is 19.3 Å². The standard InChI is InChI=1S/C14H17ClN2O2S/c1-2-11-4-3-7-17(10-11)20(18,19)13-6-5-12(9-16)14(15)8-13/h5-6,8,11H,2-4,7,10H2,1H3. The van der Waals surface area contributed by atoms with Crippen molar-refractivity contribution in [3.63, 3.8) is 0 Å². The molecule has 1 unspecified atom stereocenters. The lowest BCUT2D eigenvalue weighted by Gasteiger charge is -2.31. The normalized spacial score (nSPS) is 20.6. The molecule has 0 bridgehead atoms. The van der Waals surface area contributed by atoms with Gasteiger partial charge in [0.05, 0.1) is 15.5 Å². The first kappa shape index (κ1) is 15.3. The van der Waals surface area contributed by atoms with Gasteiger partial charge in [0.25, 0.3) is 0 Å². The van der Waals surface area contributed by atoms with Crippen molar-refractivity contribution in [2.45, 2.75) is 31.1 Å². The molecule has 1 aliphatic heterocycles. The van der Waals surface area contributed by atoms with Crippen LogP contribution in [0.1, 0.15) is 31.7 Å². The van der Waals surface area contributed by atoms with Gasteiger partial charge in [0.15, 0.2) is 0 Å². The predicted molar refractivity (Wildman–Crippen MR) is 77.9 cm³/mol. The molecular formula is C14H17ClN2O2S. The monoisotopic (exact) mass is 312 g/mol. The summed E-state index contributed by atoms with van der Waals surface area (Å²) in [4.78, 5) is 0.165. The topological polar surface area (TPSA) is 61.2 Å². The van der Waals surface area contributed by atoms with Gasteiger partial charge in [-0.05, 0) is 37.0 Å². The number of sulfonamides is 1. The zero-order chi connectivity index (χ0) is 14.8. The summed E-state index contributed by atoms with van der Waals surface area (Å²) in [5, 5.41) is 9.01. The van der Waals surface area contributed by atoms with Crippen LogP contribution in [0, 0.1) is 17.2 Å². The van der Waals surface area contributed by atoms with Gasteiger partial charge in [0.2, 0.25) is 10.0 Å². The van der Waals surface area contributed by atoms with E-state index >= 15 is 0 Å². The van der Waals surface area contributed by atoms with Crippen LogP contribution in [0.4, 0.5) is 0 Å². The van der Waals surface area contributed by atoms with Crippen LogP contribution in [-0.4, -0.2) is 25.8 Å². The zero-order valence-electron chi connectivity index (χ0n) is 11.3. The van der Waals surface area contributed by atoms with Crippen molar-refractivity contribution in [3.8, 4) is 6.07 Å². The highest BCUT2D eigenvalue weighted by Gasteiger charge is 2.29. The highest BCUT2D eigenvalue weighted by molar-refractivity contribution is 7.89. The van der Waals surface area contributed by atoms with E-state index in [1.165, 1.54) is 22.5 Å². The molecule has 108 valence electrons. The third-order valence-electron chi connectivity index (χ3n) is 3.76. The van der Waals surface area contributed by atoms with Crippen LogP contribution in [0.15, 0.2) is 23.1 Å². The molecule has 0 radical (unpaired) electrons. The van der Waals surface area contributed by atoms with E-state index in [4.69, 9.17) is 16.9 Å². The van der Waals surface area contributed by atoms with Crippen LogP contribution in [0.3, 0.4) is 0 Å². The lowest BCUT2D eigenvalue weighted by atomic mass is 9.97. The maximum Gasteiger partial charge on any atom is 0.243 e. The summed E-state index contributed by atoms with van der Waals surface area (Å²) >= 11 is 5.92. The lowest BCUT2D eigenvalue weighted by Crippen LogP contribution is -2.39. The van der Waals surface area contributed by atoms with Gasteiger partial charge < -0.3 is 0 Å². The van der Waals surface area contributed by atoms with E-state index in [1.54, 1.807) is 0 Å². The van der Waals surface area contributed by atoms with E-state index in [-0.39, 0.29) is 15.5 Å². The number of benzene rings is 1. The molecule has 0 spiro atoms. The smallest absolute Gasteiger partial charge is 0.207 e. The Hall–Kier alpha value is -1.09. The Balaban J connectivity index is 2.31. The molecule has 1 fully saturated rings. The second kappa shape index (κ2) is 6.13. The fourth-order valence-electron chi connectivity index (χ4n) is 2.47. The maximum atomic E-state index is 12.6. The number of piperidine rings is 1. The van der Waals surface area contributed by atoms with E-state index < -0.39 is 10.0 Å². The van der Waals surface area contributed by atoms with Gasteiger partial charge in [-0.25, -0.2) is 8.42 Å². The molecule has 1 heterocycles. The number of hydrogen-bond donors (Lipinski definition) is 0. The Morgan fingerprint density at radius 2 is 2.25 bits per heavy atom. The molecule has 1 aliphatic rings. The Kier molecular flexibility index (Phi) is 4.69. The molecule has 2 rings (SSSR count). The summed E-state index contributed by atoms with van der Waals surface area (Å²) in [5.41, 5.74) is 0.288. The summed E-state index contributed by atoms with van der Waals surface area (Å²) in [6.45, 7) is 3.20. The van der Waals surface area contributed by atoms with Crippen molar-refractivity contribution in [1.29, 1.82) is 5.26 Å².